The van der Waals surface area contributed by atoms with E-state index < -0.39 is 23.6 Å². The zero-order chi connectivity index (χ0) is 15.5. The summed E-state index contributed by atoms with van der Waals surface area (Å²) >= 11 is 0. The summed E-state index contributed by atoms with van der Waals surface area (Å²) in [7, 11) is 0. The molecule has 1 N–H and O–H groups in total. The van der Waals surface area contributed by atoms with Crippen LogP contribution in [0.3, 0.4) is 0 Å². The Morgan fingerprint density at radius 2 is 2.14 bits per heavy atom. The molecule has 2 rings (SSSR count). The zero-order valence-corrected chi connectivity index (χ0v) is 11.3. The molecule has 0 spiro atoms. The quantitative estimate of drug-likeness (QED) is 0.822. The summed E-state index contributed by atoms with van der Waals surface area (Å²) in [6.45, 7) is 1.68. The van der Waals surface area contributed by atoms with E-state index in [1.165, 1.54) is 30.3 Å². The summed E-state index contributed by atoms with van der Waals surface area (Å²) < 4.78 is 9.83. The van der Waals surface area contributed by atoms with E-state index >= 15 is 0 Å². The minimum absolute atomic E-state index is 0.0712. The average Bonchev–Trinajstić information content (AvgIpc) is 2.93. The fourth-order valence-corrected chi connectivity index (χ4v) is 2.03. The minimum Gasteiger partial charge on any atom is -0.463 e. The van der Waals surface area contributed by atoms with Crippen LogP contribution >= 0.6 is 0 Å². The highest BCUT2D eigenvalue weighted by molar-refractivity contribution is 5.88. The van der Waals surface area contributed by atoms with Crippen LogP contribution in [0.4, 0.5) is 0 Å². The Morgan fingerprint density at radius 1 is 1.48 bits per heavy atom. The molecule has 1 aliphatic rings. The smallest absolute Gasteiger partial charge is 0.347 e. The Hall–Kier alpha value is -2.65. The van der Waals surface area contributed by atoms with Gasteiger partial charge in [-0.15, -0.1) is 0 Å². The Balaban J connectivity index is 2.44. The highest BCUT2D eigenvalue weighted by atomic mass is 16.6. The third-order valence-electron chi connectivity index (χ3n) is 3.10. The van der Waals surface area contributed by atoms with Gasteiger partial charge in [-0.1, -0.05) is 12.1 Å². The summed E-state index contributed by atoms with van der Waals surface area (Å²) in [6, 6.07) is 7.71. The number of rotatable bonds is 4. The number of aliphatic hydroxyl groups is 1. The molecule has 2 atom stereocenters. The molecule has 0 radical (unpaired) electrons. The third kappa shape index (κ3) is 2.64. The molecule has 6 nitrogen and oxygen atoms in total. The van der Waals surface area contributed by atoms with Crippen molar-refractivity contribution >= 4 is 11.9 Å². The number of carbonyl (C=O) groups excluding carboxylic acids is 2. The molecule has 0 saturated heterocycles. The van der Waals surface area contributed by atoms with Gasteiger partial charge in [-0.05, 0) is 30.7 Å². The SMILES string of the molecule is CCOC(=O)[C@@](O)(c1ccc(C#N)cc1)[C@@H]1C=CC(=O)O1. The largest absolute Gasteiger partial charge is 0.463 e. The van der Waals surface area contributed by atoms with Gasteiger partial charge in [0.25, 0.3) is 0 Å². The Labute approximate surface area is 121 Å². The van der Waals surface area contributed by atoms with E-state index in [9.17, 15) is 14.7 Å². The first-order chi connectivity index (χ1) is 10.0. The topological polar surface area (TPSA) is 96.6 Å². The van der Waals surface area contributed by atoms with Gasteiger partial charge in [0.05, 0.1) is 18.2 Å². The third-order valence-corrected chi connectivity index (χ3v) is 3.10. The van der Waals surface area contributed by atoms with E-state index in [2.05, 4.69) is 0 Å². The van der Waals surface area contributed by atoms with Crippen molar-refractivity contribution in [2.45, 2.75) is 18.6 Å². The lowest BCUT2D eigenvalue weighted by molar-refractivity contribution is -0.181. The predicted octanol–water partition coefficient (Wildman–Crippen LogP) is 0.791. The molecule has 108 valence electrons. The molecule has 0 fully saturated rings. The van der Waals surface area contributed by atoms with E-state index in [1.54, 1.807) is 6.92 Å². The molecular weight excluding hydrogens is 274 g/mol. The fraction of sp³-hybridized carbons (Fsp3) is 0.267. The molecular formula is C15H13NO5. The number of hydrogen-bond acceptors (Lipinski definition) is 6. The van der Waals surface area contributed by atoms with Crippen LogP contribution in [0, 0.1) is 11.3 Å². The van der Waals surface area contributed by atoms with Gasteiger partial charge in [-0.3, -0.25) is 0 Å². The van der Waals surface area contributed by atoms with Gasteiger partial charge in [0.1, 0.15) is 0 Å². The normalized spacial score (nSPS) is 19.5. The van der Waals surface area contributed by atoms with Crippen molar-refractivity contribution < 1.29 is 24.2 Å². The molecule has 21 heavy (non-hydrogen) atoms. The van der Waals surface area contributed by atoms with Crippen LogP contribution in [0.5, 0.6) is 0 Å². The van der Waals surface area contributed by atoms with E-state index in [0.29, 0.717) is 5.56 Å². The lowest BCUT2D eigenvalue weighted by atomic mass is 9.87. The first kappa shape index (κ1) is 14.8. The molecule has 0 bridgehead atoms. The molecule has 0 amide bonds. The van der Waals surface area contributed by atoms with Crippen molar-refractivity contribution in [3.8, 4) is 6.07 Å². The van der Waals surface area contributed by atoms with Crippen molar-refractivity contribution in [1.82, 2.24) is 0 Å². The van der Waals surface area contributed by atoms with Crippen LogP contribution in [0.25, 0.3) is 0 Å². The van der Waals surface area contributed by atoms with Gasteiger partial charge in [-0.25, -0.2) is 9.59 Å². The summed E-state index contributed by atoms with van der Waals surface area (Å²) in [6.07, 6.45) is 1.27. The Bertz CT molecular complexity index is 628. The van der Waals surface area contributed by atoms with Crippen LogP contribution in [-0.4, -0.2) is 29.8 Å². The number of cyclic esters (lactones) is 1. The summed E-state index contributed by atoms with van der Waals surface area (Å²) in [5.41, 5.74) is -1.58. The van der Waals surface area contributed by atoms with Gasteiger partial charge in [0.15, 0.2) is 6.10 Å². The van der Waals surface area contributed by atoms with Crippen molar-refractivity contribution in [2.75, 3.05) is 6.61 Å². The number of esters is 2. The second-order valence-corrected chi connectivity index (χ2v) is 4.39. The number of benzene rings is 1. The predicted molar refractivity (Wildman–Crippen MR) is 70.7 cm³/mol. The summed E-state index contributed by atoms with van der Waals surface area (Å²) in [5, 5.41) is 19.6. The molecule has 6 heteroatoms. The monoisotopic (exact) mass is 287 g/mol. The fourth-order valence-electron chi connectivity index (χ4n) is 2.03. The van der Waals surface area contributed by atoms with Gasteiger partial charge >= 0.3 is 11.9 Å². The molecule has 0 aromatic heterocycles. The van der Waals surface area contributed by atoms with E-state index in [4.69, 9.17) is 14.7 Å². The molecule has 0 aliphatic carbocycles. The molecule has 1 aromatic carbocycles. The highest BCUT2D eigenvalue weighted by Gasteiger charge is 2.49. The standard InChI is InChI=1S/C15H13NO5/c1-2-20-14(18)15(19,12-7-8-13(17)21-12)11-5-3-10(9-16)4-6-11/h3-8,12,19H,2H2,1H3/t12-,15+/m0/s1. The first-order valence-corrected chi connectivity index (χ1v) is 6.31. The van der Waals surface area contributed by atoms with Crippen LogP contribution in [0.2, 0.25) is 0 Å². The summed E-state index contributed by atoms with van der Waals surface area (Å²) in [5.74, 6) is -1.56. The minimum atomic E-state index is -2.15. The number of ether oxygens (including phenoxy) is 2. The van der Waals surface area contributed by atoms with Gasteiger partial charge in [0, 0.05) is 6.08 Å². The Morgan fingerprint density at radius 3 is 2.62 bits per heavy atom. The van der Waals surface area contributed by atoms with Crippen LogP contribution in [0.1, 0.15) is 18.1 Å². The lowest BCUT2D eigenvalue weighted by Crippen LogP contribution is -2.47. The highest BCUT2D eigenvalue weighted by Crippen LogP contribution is 2.32. The maximum Gasteiger partial charge on any atom is 0.347 e. The van der Waals surface area contributed by atoms with Crippen LogP contribution < -0.4 is 0 Å². The molecule has 1 heterocycles. The van der Waals surface area contributed by atoms with Crippen molar-refractivity contribution in [1.29, 1.82) is 5.26 Å². The number of nitriles is 1. The number of carbonyl (C=O) groups is 2. The first-order valence-electron chi connectivity index (χ1n) is 6.31. The zero-order valence-electron chi connectivity index (χ0n) is 11.3. The molecule has 0 saturated carbocycles. The van der Waals surface area contributed by atoms with E-state index in [0.717, 1.165) is 6.08 Å². The van der Waals surface area contributed by atoms with E-state index in [1.807, 2.05) is 6.07 Å². The number of hydrogen-bond donors (Lipinski definition) is 1. The van der Waals surface area contributed by atoms with Crippen molar-refractivity contribution in [2.24, 2.45) is 0 Å². The lowest BCUT2D eigenvalue weighted by Gasteiger charge is -2.30. The summed E-state index contributed by atoms with van der Waals surface area (Å²) in [4.78, 5) is 23.3. The number of nitrogens with zero attached hydrogens (tertiary/aromatic N) is 1. The maximum absolute atomic E-state index is 12.2. The van der Waals surface area contributed by atoms with Gasteiger partial charge in [0.2, 0.25) is 5.60 Å². The average molecular weight is 287 g/mol. The van der Waals surface area contributed by atoms with Crippen LogP contribution in [-0.2, 0) is 24.7 Å². The van der Waals surface area contributed by atoms with Gasteiger partial charge in [-0.2, -0.15) is 5.26 Å². The van der Waals surface area contributed by atoms with Gasteiger partial charge < -0.3 is 14.6 Å². The second-order valence-electron chi connectivity index (χ2n) is 4.39. The van der Waals surface area contributed by atoms with Crippen molar-refractivity contribution in [3.63, 3.8) is 0 Å². The maximum atomic E-state index is 12.2. The molecule has 0 unspecified atom stereocenters. The van der Waals surface area contributed by atoms with Crippen molar-refractivity contribution in [3.05, 3.63) is 47.5 Å². The van der Waals surface area contributed by atoms with E-state index in [-0.39, 0.29) is 12.2 Å². The second kappa shape index (κ2) is 5.77. The molecule has 1 aromatic rings. The molecule has 1 aliphatic heterocycles. The van der Waals surface area contributed by atoms with Crippen LogP contribution in [0.15, 0.2) is 36.4 Å². The Kier molecular flexibility index (Phi) is 4.05.